The molecule has 0 unspecified atom stereocenters. The van der Waals surface area contributed by atoms with E-state index >= 15 is 0 Å². The number of carbonyl (C=O) groups excluding carboxylic acids is 1. The highest BCUT2D eigenvalue weighted by atomic mass is 32.1. The lowest BCUT2D eigenvalue weighted by Gasteiger charge is -2.15. The molecule has 0 saturated carbocycles. The molecule has 24 heavy (non-hydrogen) atoms. The SMILES string of the molecule is CCN(CC)C(=O)/C=C/c1ccc(-c2ccc3cnccc3n2)s1. The van der Waals surface area contributed by atoms with Crippen molar-refractivity contribution in [3.63, 3.8) is 0 Å². The van der Waals surface area contributed by atoms with E-state index in [1.165, 1.54) is 0 Å². The maximum atomic E-state index is 12.0. The summed E-state index contributed by atoms with van der Waals surface area (Å²) in [6, 6.07) is 10.0. The van der Waals surface area contributed by atoms with E-state index in [-0.39, 0.29) is 5.91 Å². The summed E-state index contributed by atoms with van der Waals surface area (Å²) in [5.41, 5.74) is 1.87. The Kier molecular flexibility index (Phi) is 5.01. The summed E-state index contributed by atoms with van der Waals surface area (Å²) in [6.07, 6.45) is 7.08. The lowest BCUT2D eigenvalue weighted by Crippen LogP contribution is -2.28. The van der Waals surface area contributed by atoms with Crippen molar-refractivity contribution in [2.75, 3.05) is 13.1 Å². The number of pyridine rings is 2. The van der Waals surface area contributed by atoms with Gasteiger partial charge in [-0.05, 0) is 50.3 Å². The van der Waals surface area contributed by atoms with Gasteiger partial charge in [0.15, 0.2) is 0 Å². The van der Waals surface area contributed by atoms with E-state index in [0.717, 1.165) is 39.4 Å². The molecule has 0 saturated heterocycles. The lowest BCUT2D eigenvalue weighted by atomic mass is 10.2. The van der Waals surface area contributed by atoms with Crippen LogP contribution in [0.3, 0.4) is 0 Å². The van der Waals surface area contributed by atoms with Crippen LogP contribution in [0.25, 0.3) is 27.6 Å². The summed E-state index contributed by atoms with van der Waals surface area (Å²) in [7, 11) is 0. The van der Waals surface area contributed by atoms with E-state index in [0.29, 0.717) is 0 Å². The molecule has 3 aromatic rings. The molecule has 122 valence electrons. The fourth-order valence-corrected chi connectivity index (χ4v) is 3.36. The molecule has 0 radical (unpaired) electrons. The number of fused-ring (bicyclic) bond motifs is 1. The first-order chi connectivity index (χ1) is 11.7. The summed E-state index contributed by atoms with van der Waals surface area (Å²) in [5.74, 6) is 0.0475. The van der Waals surface area contributed by atoms with E-state index in [1.807, 2.05) is 56.5 Å². The van der Waals surface area contributed by atoms with Crippen LogP contribution in [-0.4, -0.2) is 33.9 Å². The van der Waals surface area contributed by atoms with E-state index in [9.17, 15) is 4.79 Å². The zero-order valence-electron chi connectivity index (χ0n) is 13.8. The molecular formula is C19H19N3OS. The molecule has 3 aromatic heterocycles. The first-order valence-electron chi connectivity index (χ1n) is 7.99. The van der Waals surface area contributed by atoms with Gasteiger partial charge in [0.25, 0.3) is 0 Å². The first kappa shape index (κ1) is 16.3. The highest BCUT2D eigenvalue weighted by Gasteiger charge is 2.07. The smallest absolute Gasteiger partial charge is 0.246 e. The molecule has 0 spiro atoms. The van der Waals surface area contributed by atoms with Crippen molar-refractivity contribution < 1.29 is 4.79 Å². The standard InChI is InChI=1S/C19H19N3OS/c1-3-22(4-2)19(23)10-7-15-6-9-18(24-15)17-8-5-14-13-20-12-11-16(14)21-17/h5-13H,3-4H2,1-2H3/b10-7+. The van der Waals surface area contributed by atoms with Gasteiger partial charge >= 0.3 is 0 Å². The Labute approximate surface area is 145 Å². The third kappa shape index (κ3) is 3.51. The quantitative estimate of drug-likeness (QED) is 0.654. The largest absolute Gasteiger partial charge is 0.340 e. The van der Waals surface area contributed by atoms with Gasteiger partial charge in [0.2, 0.25) is 5.91 Å². The van der Waals surface area contributed by atoms with E-state index in [1.54, 1.807) is 28.5 Å². The minimum atomic E-state index is 0.0475. The summed E-state index contributed by atoms with van der Waals surface area (Å²) >= 11 is 1.63. The highest BCUT2D eigenvalue weighted by molar-refractivity contribution is 7.16. The number of nitrogens with zero attached hydrogens (tertiary/aromatic N) is 3. The number of aromatic nitrogens is 2. The number of likely N-dealkylation sites (N-methyl/N-ethyl adjacent to an activating group) is 1. The van der Waals surface area contributed by atoms with Crippen LogP contribution in [-0.2, 0) is 4.79 Å². The van der Waals surface area contributed by atoms with Gasteiger partial charge in [0.05, 0.1) is 16.1 Å². The molecule has 0 atom stereocenters. The van der Waals surface area contributed by atoms with Crippen LogP contribution in [0.2, 0.25) is 0 Å². The third-order valence-corrected chi connectivity index (χ3v) is 4.91. The monoisotopic (exact) mass is 337 g/mol. The van der Waals surface area contributed by atoms with Gasteiger partial charge < -0.3 is 4.90 Å². The Morgan fingerprint density at radius 2 is 2.00 bits per heavy atom. The molecule has 1 amide bonds. The molecule has 0 aliphatic carbocycles. The number of thiophene rings is 1. The molecule has 5 heteroatoms. The third-order valence-electron chi connectivity index (χ3n) is 3.83. The Balaban J connectivity index is 1.80. The average molecular weight is 337 g/mol. The van der Waals surface area contributed by atoms with Crippen LogP contribution in [0, 0.1) is 0 Å². The van der Waals surface area contributed by atoms with Crippen LogP contribution in [0.4, 0.5) is 0 Å². The van der Waals surface area contributed by atoms with Crippen LogP contribution < -0.4 is 0 Å². The molecule has 0 fully saturated rings. The number of rotatable bonds is 5. The van der Waals surface area contributed by atoms with E-state index in [4.69, 9.17) is 0 Å². The second-order valence-electron chi connectivity index (χ2n) is 5.31. The van der Waals surface area contributed by atoms with Crippen molar-refractivity contribution in [2.45, 2.75) is 13.8 Å². The minimum absolute atomic E-state index is 0.0475. The molecule has 0 bridgehead atoms. The average Bonchev–Trinajstić information content (AvgIpc) is 3.09. The zero-order valence-corrected chi connectivity index (χ0v) is 14.6. The van der Waals surface area contributed by atoms with Crippen molar-refractivity contribution in [1.82, 2.24) is 14.9 Å². The number of amides is 1. The number of hydrogen-bond acceptors (Lipinski definition) is 4. The van der Waals surface area contributed by atoms with Gasteiger partial charge in [-0.1, -0.05) is 0 Å². The van der Waals surface area contributed by atoms with Gasteiger partial charge in [-0.3, -0.25) is 9.78 Å². The summed E-state index contributed by atoms with van der Waals surface area (Å²) in [4.78, 5) is 24.7. The highest BCUT2D eigenvalue weighted by Crippen LogP contribution is 2.28. The van der Waals surface area contributed by atoms with Gasteiger partial charge in [-0.15, -0.1) is 11.3 Å². The van der Waals surface area contributed by atoms with Crippen LogP contribution in [0.15, 0.2) is 48.8 Å². The molecule has 4 nitrogen and oxygen atoms in total. The van der Waals surface area contributed by atoms with Crippen molar-refractivity contribution >= 4 is 34.2 Å². The predicted octanol–water partition coefficient (Wildman–Crippen LogP) is 4.24. The Hall–Kier alpha value is -2.53. The lowest BCUT2D eigenvalue weighted by molar-refractivity contribution is -0.125. The van der Waals surface area contributed by atoms with Crippen LogP contribution in [0.5, 0.6) is 0 Å². The second kappa shape index (κ2) is 7.36. The molecule has 0 aliphatic heterocycles. The van der Waals surface area contributed by atoms with Crippen molar-refractivity contribution in [1.29, 1.82) is 0 Å². The minimum Gasteiger partial charge on any atom is -0.340 e. The summed E-state index contributed by atoms with van der Waals surface area (Å²) in [5, 5.41) is 1.03. The number of hydrogen-bond donors (Lipinski definition) is 0. The second-order valence-corrected chi connectivity index (χ2v) is 6.43. The molecule has 3 heterocycles. The zero-order chi connectivity index (χ0) is 16.9. The van der Waals surface area contributed by atoms with Crippen LogP contribution >= 0.6 is 11.3 Å². The molecule has 0 N–H and O–H groups in total. The topological polar surface area (TPSA) is 46.1 Å². The molecular weight excluding hydrogens is 318 g/mol. The fraction of sp³-hybridized carbons (Fsp3) is 0.211. The Morgan fingerprint density at radius 3 is 2.79 bits per heavy atom. The van der Waals surface area contributed by atoms with Crippen molar-refractivity contribution in [3.8, 4) is 10.6 Å². The normalized spacial score (nSPS) is 11.2. The maximum absolute atomic E-state index is 12.0. The van der Waals surface area contributed by atoms with Crippen LogP contribution in [0.1, 0.15) is 18.7 Å². The maximum Gasteiger partial charge on any atom is 0.246 e. The Bertz CT molecular complexity index is 881. The van der Waals surface area contributed by atoms with E-state index < -0.39 is 0 Å². The van der Waals surface area contributed by atoms with Gasteiger partial charge in [0, 0.05) is 41.8 Å². The first-order valence-corrected chi connectivity index (χ1v) is 8.81. The van der Waals surface area contributed by atoms with E-state index in [2.05, 4.69) is 9.97 Å². The van der Waals surface area contributed by atoms with Gasteiger partial charge in [-0.25, -0.2) is 4.98 Å². The summed E-state index contributed by atoms with van der Waals surface area (Å²) < 4.78 is 0. The molecule has 3 rings (SSSR count). The predicted molar refractivity (Wildman–Crippen MR) is 99.8 cm³/mol. The summed E-state index contributed by atoms with van der Waals surface area (Å²) in [6.45, 7) is 5.43. The Morgan fingerprint density at radius 1 is 1.17 bits per heavy atom. The van der Waals surface area contributed by atoms with Gasteiger partial charge in [-0.2, -0.15) is 0 Å². The van der Waals surface area contributed by atoms with Crippen molar-refractivity contribution in [3.05, 3.63) is 53.7 Å². The number of carbonyl (C=O) groups is 1. The molecule has 0 aliphatic rings. The van der Waals surface area contributed by atoms with Crippen molar-refractivity contribution in [2.24, 2.45) is 0 Å². The fourth-order valence-electron chi connectivity index (χ4n) is 2.48. The van der Waals surface area contributed by atoms with Gasteiger partial charge in [0.1, 0.15) is 0 Å². The molecule has 0 aromatic carbocycles.